The smallest absolute Gasteiger partial charge is 0.310 e. The van der Waals surface area contributed by atoms with Crippen molar-refractivity contribution >= 4 is 35.1 Å². The van der Waals surface area contributed by atoms with E-state index in [9.17, 15) is 9.59 Å². The van der Waals surface area contributed by atoms with Crippen LogP contribution in [0, 0.1) is 13.8 Å². The number of aromatic nitrogens is 2. The molecule has 0 aliphatic rings. The first-order chi connectivity index (χ1) is 13.5. The van der Waals surface area contributed by atoms with Crippen LogP contribution in [-0.2, 0) is 20.7 Å². The van der Waals surface area contributed by atoms with Crippen LogP contribution in [0.25, 0.3) is 5.69 Å². The highest BCUT2D eigenvalue weighted by atomic mass is 35.5. The van der Waals surface area contributed by atoms with E-state index in [1.165, 1.54) is 0 Å². The fourth-order valence-corrected chi connectivity index (χ4v) is 3.68. The lowest BCUT2D eigenvalue weighted by molar-refractivity contribution is -0.153. The van der Waals surface area contributed by atoms with E-state index in [2.05, 4.69) is 5.10 Å². The van der Waals surface area contributed by atoms with Crippen LogP contribution in [0.1, 0.15) is 44.6 Å². The van der Waals surface area contributed by atoms with Crippen molar-refractivity contribution in [3.63, 3.8) is 0 Å². The molecule has 158 valence electrons. The molecular formula is C21H27Cl2N3O3. The number of hydrogen-bond donors (Lipinski definition) is 0. The van der Waals surface area contributed by atoms with E-state index in [0.717, 1.165) is 16.9 Å². The molecule has 6 nitrogen and oxygen atoms in total. The number of esters is 1. The quantitative estimate of drug-likeness (QED) is 0.594. The summed E-state index contributed by atoms with van der Waals surface area (Å²) >= 11 is 12.1. The molecule has 1 aromatic carbocycles. The van der Waals surface area contributed by atoms with Crippen LogP contribution < -0.4 is 0 Å². The van der Waals surface area contributed by atoms with Crippen molar-refractivity contribution in [1.82, 2.24) is 14.7 Å². The Morgan fingerprint density at radius 3 is 2.28 bits per heavy atom. The van der Waals surface area contributed by atoms with Gasteiger partial charge in [0.25, 0.3) is 5.91 Å². The topological polar surface area (TPSA) is 64.4 Å². The molecule has 0 fully saturated rings. The number of aryl methyl sites for hydroxylation is 1. The molecule has 2 rings (SSSR count). The van der Waals surface area contributed by atoms with Gasteiger partial charge in [-0.05, 0) is 59.7 Å². The van der Waals surface area contributed by atoms with Gasteiger partial charge in [0.05, 0.1) is 27.8 Å². The zero-order chi connectivity index (χ0) is 21.9. The Labute approximate surface area is 181 Å². The Kier molecular flexibility index (Phi) is 7.72. The summed E-state index contributed by atoms with van der Waals surface area (Å²) < 4.78 is 6.96. The lowest BCUT2D eigenvalue weighted by atomic mass is 10.1. The van der Waals surface area contributed by atoms with Crippen LogP contribution >= 0.6 is 23.2 Å². The standard InChI is InChI=1S/C21H27Cl2N3O3/c1-12(2)25(13(3)4)20(27)11-29-21(28)10-17-14(5)24-26(15(17)6)16-7-8-18(22)19(23)9-16/h7-9,12-13H,10-11H2,1-6H3. The van der Waals surface area contributed by atoms with Crippen LogP contribution in [0.4, 0.5) is 0 Å². The molecule has 2 aromatic rings. The van der Waals surface area contributed by atoms with Gasteiger partial charge in [0.2, 0.25) is 0 Å². The minimum Gasteiger partial charge on any atom is -0.455 e. The average Bonchev–Trinajstić information content (AvgIpc) is 2.90. The molecule has 1 aromatic heterocycles. The van der Waals surface area contributed by atoms with E-state index < -0.39 is 5.97 Å². The Morgan fingerprint density at radius 1 is 1.10 bits per heavy atom. The Balaban J connectivity index is 2.10. The fourth-order valence-electron chi connectivity index (χ4n) is 3.38. The maximum Gasteiger partial charge on any atom is 0.310 e. The fraction of sp³-hybridized carbons (Fsp3) is 0.476. The second-order valence-electron chi connectivity index (χ2n) is 7.49. The normalized spacial score (nSPS) is 11.2. The number of benzene rings is 1. The van der Waals surface area contributed by atoms with E-state index in [4.69, 9.17) is 27.9 Å². The predicted octanol–water partition coefficient (Wildman–Crippen LogP) is 4.53. The zero-order valence-corrected chi connectivity index (χ0v) is 19.1. The molecule has 0 aliphatic carbocycles. The van der Waals surface area contributed by atoms with Crippen LogP contribution in [0.3, 0.4) is 0 Å². The highest BCUT2D eigenvalue weighted by molar-refractivity contribution is 6.42. The van der Waals surface area contributed by atoms with Crippen molar-refractivity contribution in [2.24, 2.45) is 0 Å². The number of hydrogen-bond acceptors (Lipinski definition) is 4. The summed E-state index contributed by atoms with van der Waals surface area (Å²) in [5.74, 6) is -0.672. The van der Waals surface area contributed by atoms with Gasteiger partial charge in [-0.1, -0.05) is 23.2 Å². The van der Waals surface area contributed by atoms with Gasteiger partial charge in [0, 0.05) is 23.3 Å². The second-order valence-corrected chi connectivity index (χ2v) is 8.30. The van der Waals surface area contributed by atoms with Gasteiger partial charge in [0.15, 0.2) is 6.61 Å². The zero-order valence-electron chi connectivity index (χ0n) is 17.6. The van der Waals surface area contributed by atoms with Crippen LogP contribution in [0.15, 0.2) is 18.2 Å². The van der Waals surface area contributed by atoms with E-state index in [0.29, 0.717) is 15.7 Å². The molecule has 0 atom stereocenters. The summed E-state index contributed by atoms with van der Waals surface area (Å²) in [5.41, 5.74) is 3.02. The lowest BCUT2D eigenvalue weighted by Crippen LogP contribution is -2.44. The molecule has 0 spiro atoms. The number of rotatable bonds is 7. The van der Waals surface area contributed by atoms with Crippen molar-refractivity contribution in [2.45, 2.75) is 60.0 Å². The number of amides is 1. The number of nitrogens with zero attached hydrogens (tertiary/aromatic N) is 3. The van der Waals surface area contributed by atoms with E-state index in [1.807, 2.05) is 41.5 Å². The van der Waals surface area contributed by atoms with Gasteiger partial charge in [0.1, 0.15) is 0 Å². The minimum absolute atomic E-state index is 0.0372. The number of halogens is 2. The number of ether oxygens (including phenoxy) is 1. The highest BCUT2D eigenvalue weighted by Crippen LogP contribution is 2.26. The van der Waals surface area contributed by atoms with Gasteiger partial charge in [-0.3, -0.25) is 9.59 Å². The van der Waals surface area contributed by atoms with Crippen molar-refractivity contribution in [2.75, 3.05) is 6.61 Å². The van der Waals surface area contributed by atoms with Gasteiger partial charge in [-0.25, -0.2) is 4.68 Å². The third kappa shape index (κ3) is 5.52. The molecule has 0 saturated heterocycles. The molecule has 0 bridgehead atoms. The molecule has 0 unspecified atom stereocenters. The molecule has 0 aliphatic heterocycles. The third-order valence-corrected chi connectivity index (χ3v) is 5.41. The first kappa shape index (κ1) is 23.2. The van der Waals surface area contributed by atoms with Crippen molar-refractivity contribution < 1.29 is 14.3 Å². The summed E-state index contributed by atoms with van der Waals surface area (Å²) in [4.78, 5) is 26.4. The second kappa shape index (κ2) is 9.63. The van der Waals surface area contributed by atoms with Crippen molar-refractivity contribution in [3.8, 4) is 5.69 Å². The van der Waals surface area contributed by atoms with Crippen molar-refractivity contribution in [1.29, 1.82) is 0 Å². The molecule has 29 heavy (non-hydrogen) atoms. The van der Waals surface area contributed by atoms with Gasteiger partial charge in [-0.2, -0.15) is 5.10 Å². The molecule has 8 heteroatoms. The first-order valence-electron chi connectivity index (χ1n) is 9.50. The third-order valence-electron chi connectivity index (χ3n) is 4.67. The number of carbonyl (C=O) groups excluding carboxylic acids is 2. The van der Waals surface area contributed by atoms with Gasteiger partial charge in [-0.15, -0.1) is 0 Å². The minimum atomic E-state index is -0.467. The predicted molar refractivity (Wildman–Crippen MR) is 115 cm³/mol. The highest BCUT2D eigenvalue weighted by Gasteiger charge is 2.22. The van der Waals surface area contributed by atoms with Crippen LogP contribution in [-0.4, -0.2) is 45.2 Å². The summed E-state index contributed by atoms with van der Waals surface area (Å²) in [7, 11) is 0. The Morgan fingerprint density at radius 2 is 1.72 bits per heavy atom. The maximum atomic E-state index is 12.4. The van der Waals surface area contributed by atoms with E-state index in [1.54, 1.807) is 27.8 Å². The van der Waals surface area contributed by atoms with Crippen LogP contribution in [0.2, 0.25) is 10.0 Å². The van der Waals surface area contributed by atoms with E-state index in [-0.39, 0.29) is 31.0 Å². The monoisotopic (exact) mass is 439 g/mol. The number of carbonyl (C=O) groups is 2. The van der Waals surface area contributed by atoms with Gasteiger partial charge < -0.3 is 9.64 Å². The molecule has 0 saturated carbocycles. The van der Waals surface area contributed by atoms with Crippen molar-refractivity contribution in [3.05, 3.63) is 45.2 Å². The molecule has 0 radical (unpaired) electrons. The van der Waals surface area contributed by atoms with E-state index >= 15 is 0 Å². The lowest BCUT2D eigenvalue weighted by Gasteiger charge is -2.30. The Hall–Kier alpha value is -2.05. The maximum absolute atomic E-state index is 12.4. The largest absolute Gasteiger partial charge is 0.455 e. The summed E-state index contributed by atoms with van der Waals surface area (Å²) in [6, 6.07) is 5.30. The molecule has 1 amide bonds. The van der Waals surface area contributed by atoms with Gasteiger partial charge >= 0.3 is 5.97 Å². The molecule has 1 heterocycles. The molecule has 0 N–H and O–H groups in total. The van der Waals surface area contributed by atoms with Crippen LogP contribution in [0.5, 0.6) is 0 Å². The molecular weight excluding hydrogens is 413 g/mol. The average molecular weight is 440 g/mol. The Bertz CT molecular complexity index is 899. The summed E-state index contributed by atoms with van der Waals surface area (Å²) in [5, 5.41) is 5.39. The summed E-state index contributed by atoms with van der Waals surface area (Å²) in [6.45, 7) is 11.2. The SMILES string of the molecule is Cc1nn(-c2ccc(Cl)c(Cl)c2)c(C)c1CC(=O)OCC(=O)N(C(C)C)C(C)C. The summed E-state index contributed by atoms with van der Waals surface area (Å²) in [6.07, 6.45) is 0.0373. The first-order valence-corrected chi connectivity index (χ1v) is 10.3.